The second-order valence-electron chi connectivity index (χ2n) is 5.23. The first-order valence-electron chi connectivity index (χ1n) is 6.56. The minimum atomic E-state index is -4.05. The number of rotatable bonds is 3. The Morgan fingerprint density at radius 2 is 1.90 bits per heavy atom. The number of benzene rings is 1. The summed E-state index contributed by atoms with van der Waals surface area (Å²) in [6.45, 7) is 0.350. The molecule has 0 amide bonds. The van der Waals surface area contributed by atoms with Gasteiger partial charge in [0, 0.05) is 13.1 Å². The van der Waals surface area contributed by atoms with E-state index in [2.05, 4.69) is 0 Å². The Kier molecular flexibility index (Phi) is 3.46. The van der Waals surface area contributed by atoms with Crippen molar-refractivity contribution in [3.05, 3.63) is 29.6 Å². The Bertz CT molecular complexity index is 678. The van der Waals surface area contributed by atoms with Crippen molar-refractivity contribution in [3.8, 4) is 0 Å². The third-order valence-electron chi connectivity index (χ3n) is 3.80. The van der Waals surface area contributed by atoms with Gasteiger partial charge in [0.1, 0.15) is 5.82 Å². The maximum atomic E-state index is 13.4. The van der Waals surface area contributed by atoms with Gasteiger partial charge in [0.25, 0.3) is 0 Å². The first kappa shape index (κ1) is 14.4. The zero-order chi connectivity index (χ0) is 15.2. The number of sulfonamides is 1. The summed E-state index contributed by atoms with van der Waals surface area (Å²) in [7, 11) is -4.05. The van der Waals surface area contributed by atoms with E-state index in [1.807, 2.05) is 0 Å². The molecule has 8 heteroatoms. The number of halogens is 1. The average molecular weight is 315 g/mol. The van der Waals surface area contributed by atoms with Crippen LogP contribution in [0.1, 0.15) is 23.2 Å². The monoisotopic (exact) mass is 315 g/mol. The van der Waals surface area contributed by atoms with Crippen LogP contribution in [0.25, 0.3) is 0 Å². The molecule has 0 aliphatic carbocycles. The molecule has 1 aromatic rings. The highest BCUT2D eigenvalue weighted by atomic mass is 32.2. The molecule has 3 rings (SSSR count). The Balaban J connectivity index is 2.02. The van der Waals surface area contributed by atoms with Crippen LogP contribution in [-0.2, 0) is 14.8 Å². The topological polar surface area (TPSA) is 83.9 Å². The molecule has 0 radical (unpaired) electrons. The van der Waals surface area contributed by atoms with Gasteiger partial charge in [0.15, 0.2) is 0 Å². The third kappa shape index (κ3) is 2.54. The molecule has 2 fully saturated rings. The number of carboxylic acids is 1. The van der Waals surface area contributed by atoms with E-state index in [0.717, 1.165) is 31.0 Å². The normalized spacial score (nSPS) is 26.0. The molecule has 2 aliphatic heterocycles. The van der Waals surface area contributed by atoms with E-state index in [0.29, 0.717) is 0 Å². The maximum absolute atomic E-state index is 13.4. The zero-order valence-corrected chi connectivity index (χ0v) is 11.8. The average Bonchev–Trinajstić information content (AvgIpc) is 2.76. The van der Waals surface area contributed by atoms with Crippen molar-refractivity contribution in [2.75, 3.05) is 13.1 Å². The summed E-state index contributed by atoms with van der Waals surface area (Å²) in [6.07, 6.45) is 1.23. The van der Waals surface area contributed by atoms with Gasteiger partial charge in [0.2, 0.25) is 10.0 Å². The van der Waals surface area contributed by atoms with E-state index in [4.69, 9.17) is 9.84 Å². The lowest BCUT2D eigenvalue weighted by Crippen LogP contribution is -2.46. The van der Waals surface area contributed by atoms with E-state index in [1.165, 1.54) is 4.31 Å². The highest BCUT2D eigenvalue weighted by Gasteiger charge is 2.40. The van der Waals surface area contributed by atoms with E-state index in [-0.39, 0.29) is 25.3 Å². The standard InChI is InChI=1S/C13H14FNO5S/c14-8-1-4-11(13(16)17)12(5-8)21(18,19)15-6-9-2-3-10(7-15)20-9/h1,4-5,9-10H,2-3,6-7H2,(H,16,17). The maximum Gasteiger partial charge on any atom is 0.337 e. The van der Waals surface area contributed by atoms with Crippen LogP contribution < -0.4 is 0 Å². The first-order chi connectivity index (χ1) is 9.88. The fourth-order valence-corrected chi connectivity index (χ4v) is 4.50. The van der Waals surface area contributed by atoms with Gasteiger partial charge in [-0.3, -0.25) is 0 Å². The van der Waals surface area contributed by atoms with Crippen LogP contribution in [0, 0.1) is 5.82 Å². The van der Waals surface area contributed by atoms with Crippen molar-refractivity contribution in [2.24, 2.45) is 0 Å². The number of hydrogen-bond donors (Lipinski definition) is 1. The van der Waals surface area contributed by atoms with E-state index in [1.54, 1.807) is 0 Å². The van der Waals surface area contributed by atoms with Crippen LogP contribution >= 0.6 is 0 Å². The second kappa shape index (κ2) is 5.04. The van der Waals surface area contributed by atoms with Gasteiger partial charge in [0.05, 0.1) is 22.7 Å². The lowest BCUT2D eigenvalue weighted by atomic mass is 10.2. The fourth-order valence-electron chi connectivity index (χ4n) is 2.80. The largest absolute Gasteiger partial charge is 0.478 e. The van der Waals surface area contributed by atoms with Crippen LogP contribution in [0.3, 0.4) is 0 Å². The van der Waals surface area contributed by atoms with Crippen LogP contribution in [-0.4, -0.2) is 49.1 Å². The summed E-state index contributed by atoms with van der Waals surface area (Å²) in [5.74, 6) is -2.18. The molecule has 0 aromatic heterocycles. The molecule has 1 N–H and O–H groups in total. The molecule has 2 saturated heterocycles. The first-order valence-corrected chi connectivity index (χ1v) is 8.00. The summed E-state index contributed by atoms with van der Waals surface area (Å²) < 4.78 is 45.4. The van der Waals surface area contributed by atoms with Gasteiger partial charge in [-0.15, -0.1) is 0 Å². The molecule has 2 heterocycles. The Labute approximate surface area is 121 Å². The van der Waals surface area contributed by atoms with Crippen molar-refractivity contribution < 1.29 is 27.4 Å². The quantitative estimate of drug-likeness (QED) is 0.902. The van der Waals surface area contributed by atoms with Gasteiger partial charge in [-0.1, -0.05) is 0 Å². The smallest absolute Gasteiger partial charge is 0.337 e. The predicted octanol–water partition coefficient (Wildman–Crippen LogP) is 1.08. The summed E-state index contributed by atoms with van der Waals surface area (Å²) in [5, 5.41) is 9.10. The molecule has 2 atom stereocenters. The summed E-state index contributed by atoms with van der Waals surface area (Å²) in [5.41, 5.74) is -0.421. The van der Waals surface area contributed by atoms with Gasteiger partial charge in [-0.05, 0) is 31.0 Å². The van der Waals surface area contributed by atoms with E-state index in [9.17, 15) is 17.6 Å². The van der Waals surface area contributed by atoms with Crippen molar-refractivity contribution in [3.63, 3.8) is 0 Å². The number of nitrogens with zero attached hydrogens (tertiary/aromatic N) is 1. The fraction of sp³-hybridized carbons (Fsp3) is 0.462. The highest BCUT2D eigenvalue weighted by molar-refractivity contribution is 7.89. The van der Waals surface area contributed by atoms with Crippen LogP contribution in [0.2, 0.25) is 0 Å². The summed E-state index contributed by atoms with van der Waals surface area (Å²) in [6, 6.07) is 2.67. The highest BCUT2D eigenvalue weighted by Crippen LogP contribution is 2.31. The Hall–Kier alpha value is -1.51. The Morgan fingerprint density at radius 1 is 1.29 bits per heavy atom. The van der Waals surface area contributed by atoms with E-state index < -0.39 is 32.3 Å². The van der Waals surface area contributed by atoms with E-state index >= 15 is 0 Å². The van der Waals surface area contributed by atoms with Crippen molar-refractivity contribution in [2.45, 2.75) is 29.9 Å². The van der Waals surface area contributed by atoms with Crippen LogP contribution in [0.5, 0.6) is 0 Å². The number of carbonyl (C=O) groups is 1. The summed E-state index contributed by atoms with van der Waals surface area (Å²) in [4.78, 5) is 10.7. The van der Waals surface area contributed by atoms with Crippen LogP contribution in [0.15, 0.2) is 23.1 Å². The van der Waals surface area contributed by atoms with Gasteiger partial charge in [-0.2, -0.15) is 4.31 Å². The SMILES string of the molecule is O=C(O)c1ccc(F)cc1S(=O)(=O)N1CC2CCC(C1)O2. The van der Waals surface area contributed by atoms with Crippen LogP contribution in [0.4, 0.5) is 4.39 Å². The number of carboxylic acid groups (broad SMARTS) is 1. The molecule has 6 nitrogen and oxygen atoms in total. The molecule has 2 bridgehead atoms. The number of fused-ring (bicyclic) bond motifs is 2. The minimum absolute atomic E-state index is 0.166. The number of hydrogen-bond acceptors (Lipinski definition) is 4. The molecule has 0 saturated carbocycles. The third-order valence-corrected chi connectivity index (χ3v) is 5.67. The molecule has 1 aromatic carbocycles. The lowest BCUT2D eigenvalue weighted by molar-refractivity contribution is -0.0114. The van der Waals surface area contributed by atoms with Crippen molar-refractivity contribution in [1.82, 2.24) is 4.31 Å². The zero-order valence-electron chi connectivity index (χ0n) is 11.0. The Morgan fingerprint density at radius 3 is 2.48 bits per heavy atom. The van der Waals surface area contributed by atoms with Gasteiger partial charge < -0.3 is 9.84 Å². The predicted molar refractivity (Wildman–Crippen MR) is 70.0 cm³/mol. The number of morpholine rings is 1. The lowest BCUT2D eigenvalue weighted by Gasteiger charge is -2.31. The second-order valence-corrected chi connectivity index (χ2v) is 7.13. The molecule has 2 aliphatic rings. The van der Waals surface area contributed by atoms with Crippen molar-refractivity contribution >= 4 is 16.0 Å². The van der Waals surface area contributed by atoms with Crippen molar-refractivity contribution in [1.29, 1.82) is 0 Å². The molecule has 0 spiro atoms. The molecular formula is C13H14FNO5S. The summed E-state index contributed by atoms with van der Waals surface area (Å²) >= 11 is 0. The molecule has 114 valence electrons. The molecule has 21 heavy (non-hydrogen) atoms. The van der Waals surface area contributed by atoms with Gasteiger partial charge in [-0.25, -0.2) is 17.6 Å². The van der Waals surface area contributed by atoms with Gasteiger partial charge >= 0.3 is 5.97 Å². The molecule has 2 unspecified atom stereocenters. The number of ether oxygens (including phenoxy) is 1. The minimum Gasteiger partial charge on any atom is -0.478 e. The number of aromatic carboxylic acids is 1. The molecular weight excluding hydrogens is 301 g/mol.